The van der Waals surface area contributed by atoms with Gasteiger partial charge in [0.25, 0.3) is 10.2 Å². The minimum absolute atomic E-state index is 0.196. The van der Waals surface area contributed by atoms with Gasteiger partial charge in [0.2, 0.25) is 0 Å². The molecule has 0 aromatic carbocycles. The molecule has 2 rings (SSSR count). The van der Waals surface area contributed by atoms with Crippen molar-refractivity contribution >= 4 is 21.5 Å². The second-order valence-corrected chi connectivity index (χ2v) is 6.56. The van der Waals surface area contributed by atoms with E-state index in [1.165, 1.54) is 15.6 Å². The zero-order chi connectivity index (χ0) is 13.0. The first kappa shape index (κ1) is 13.9. The smallest absolute Gasteiger partial charge is 0.280 e. The summed E-state index contributed by atoms with van der Waals surface area (Å²) in [5.41, 5.74) is 0. The molecule has 0 unspecified atom stereocenters. The van der Waals surface area contributed by atoms with Crippen LogP contribution in [0.25, 0.3) is 0 Å². The second-order valence-electron chi connectivity index (χ2n) is 3.93. The Morgan fingerprint density at radius 2 is 2.50 bits per heavy atom. The molecule has 6 nitrogen and oxygen atoms in total. The molecule has 1 atom stereocenters. The van der Waals surface area contributed by atoms with Gasteiger partial charge in [-0.3, -0.25) is 0 Å². The van der Waals surface area contributed by atoms with Gasteiger partial charge in [-0.2, -0.15) is 17.4 Å². The van der Waals surface area contributed by atoms with Crippen molar-refractivity contribution < 1.29 is 13.2 Å². The molecule has 2 heterocycles. The minimum atomic E-state index is -3.41. The van der Waals surface area contributed by atoms with E-state index in [-0.39, 0.29) is 6.04 Å². The molecule has 8 heteroatoms. The van der Waals surface area contributed by atoms with E-state index in [9.17, 15) is 8.42 Å². The Bertz CT molecular complexity index is 461. The molecule has 1 N–H and O–H groups in total. The Morgan fingerprint density at radius 1 is 1.67 bits per heavy atom. The highest BCUT2D eigenvalue weighted by atomic mass is 32.2. The molecule has 1 aliphatic rings. The molecule has 1 aliphatic heterocycles. The topological polar surface area (TPSA) is 71.5 Å². The van der Waals surface area contributed by atoms with Crippen molar-refractivity contribution in [2.45, 2.75) is 19.4 Å². The third kappa shape index (κ3) is 3.27. The number of ether oxygens (including phenoxy) is 1. The summed E-state index contributed by atoms with van der Waals surface area (Å²) in [5.74, 6) is 0. The summed E-state index contributed by atoms with van der Waals surface area (Å²) in [6, 6.07) is -0.196. The van der Waals surface area contributed by atoms with E-state index >= 15 is 0 Å². The van der Waals surface area contributed by atoms with E-state index in [1.54, 1.807) is 6.20 Å². The molecule has 1 aromatic rings. The fourth-order valence-electron chi connectivity index (χ4n) is 1.83. The number of nitrogens with zero attached hydrogens (tertiary/aromatic N) is 2. The highest BCUT2D eigenvalue weighted by molar-refractivity contribution is 7.87. The Hall–Kier alpha value is -0.540. The fraction of sp³-hybridized carbons (Fsp3) is 0.700. The van der Waals surface area contributed by atoms with Gasteiger partial charge in [0, 0.05) is 31.3 Å². The monoisotopic (exact) mass is 291 g/mol. The van der Waals surface area contributed by atoms with Crippen molar-refractivity contribution in [1.82, 2.24) is 14.0 Å². The molecular formula is C10H17N3O3S2. The van der Waals surface area contributed by atoms with Crippen LogP contribution in [-0.4, -0.2) is 44.0 Å². The number of aromatic nitrogens is 1. The molecule has 0 aliphatic carbocycles. The summed E-state index contributed by atoms with van der Waals surface area (Å²) in [6.45, 7) is 3.82. The molecule has 1 aromatic heterocycles. The van der Waals surface area contributed by atoms with Crippen molar-refractivity contribution in [2.75, 3.05) is 26.3 Å². The third-order valence-electron chi connectivity index (χ3n) is 2.74. The van der Waals surface area contributed by atoms with Crippen LogP contribution < -0.4 is 4.72 Å². The Balaban J connectivity index is 1.96. The average molecular weight is 291 g/mol. The molecule has 0 spiro atoms. The first-order valence-corrected chi connectivity index (χ1v) is 8.20. The van der Waals surface area contributed by atoms with Crippen LogP contribution in [0.3, 0.4) is 0 Å². The largest absolute Gasteiger partial charge is 0.380 e. The van der Waals surface area contributed by atoms with Crippen LogP contribution in [0.5, 0.6) is 0 Å². The van der Waals surface area contributed by atoms with Crippen LogP contribution in [0, 0.1) is 0 Å². The molecular weight excluding hydrogens is 274 g/mol. The van der Waals surface area contributed by atoms with Gasteiger partial charge >= 0.3 is 0 Å². The summed E-state index contributed by atoms with van der Waals surface area (Å²) in [4.78, 5) is 4.15. The summed E-state index contributed by atoms with van der Waals surface area (Å²) < 4.78 is 33.3. The van der Waals surface area contributed by atoms with Gasteiger partial charge in [0.15, 0.2) is 0 Å². The lowest BCUT2D eigenvalue weighted by Gasteiger charge is -2.31. The first-order chi connectivity index (χ1) is 8.63. The van der Waals surface area contributed by atoms with Crippen molar-refractivity contribution in [3.63, 3.8) is 0 Å². The lowest BCUT2D eigenvalue weighted by Crippen LogP contribution is -2.49. The Labute approximate surface area is 111 Å². The number of thiazole rings is 1. The van der Waals surface area contributed by atoms with E-state index in [0.29, 0.717) is 26.3 Å². The van der Waals surface area contributed by atoms with Crippen LogP contribution in [0.15, 0.2) is 11.6 Å². The summed E-state index contributed by atoms with van der Waals surface area (Å²) in [6.07, 6.45) is 2.43. The van der Waals surface area contributed by atoms with Gasteiger partial charge in [-0.05, 0) is 13.3 Å². The van der Waals surface area contributed by atoms with E-state index in [1.807, 2.05) is 12.3 Å². The molecule has 102 valence electrons. The van der Waals surface area contributed by atoms with Crippen LogP contribution >= 0.6 is 11.3 Å². The zero-order valence-corrected chi connectivity index (χ0v) is 11.8. The number of nitrogens with one attached hydrogen (secondary N) is 1. The molecule has 1 saturated heterocycles. The van der Waals surface area contributed by atoms with Crippen LogP contribution in [0.2, 0.25) is 0 Å². The third-order valence-corrected chi connectivity index (χ3v) is 5.25. The Morgan fingerprint density at radius 3 is 3.11 bits per heavy atom. The van der Waals surface area contributed by atoms with Crippen molar-refractivity contribution in [1.29, 1.82) is 0 Å². The van der Waals surface area contributed by atoms with Gasteiger partial charge in [-0.25, -0.2) is 4.98 Å². The summed E-state index contributed by atoms with van der Waals surface area (Å²) in [5, 5.41) is 2.67. The van der Waals surface area contributed by atoms with E-state index < -0.39 is 10.2 Å². The SMILES string of the molecule is CCOCCN1CC[C@@H](c2nccs2)NS1(=O)=O. The fourth-order valence-corrected chi connectivity index (χ4v) is 4.03. The first-order valence-electron chi connectivity index (χ1n) is 5.88. The normalized spacial score (nSPS) is 24.2. The van der Waals surface area contributed by atoms with Crippen LogP contribution in [-0.2, 0) is 14.9 Å². The van der Waals surface area contributed by atoms with E-state index in [4.69, 9.17) is 4.74 Å². The molecule has 0 saturated carbocycles. The number of rotatable bonds is 5. The standard InChI is InChI=1S/C10H17N3O3S2/c1-2-16-7-6-13-5-3-9(12-18(13,14)15)10-11-4-8-17-10/h4,8-9,12H,2-3,5-7H2,1H3/t9-/m0/s1. The quantitative estimate of drug-likeness (QED) is 0.813. The molecule has 1 fully saturated rings. The lowest BCUT2D eigenvalue weighted by atomic mass is 10.2. The van der Waals surface area contributed by atoms with E-state index in [0.717, 1.165) is 11.4 Å². The predicted octanol–water partition coefficient (Wildman–Crippen LogP) is 0.761. The van der Waals surface area contributed by atoms with Crippen LogP contribution in [0.1, 0.15) is 24.4 Å². The van der Waals surface area contributed by atoms with Crippen molar-refractivity contribution in [3.05, 3.63) is 16.6 Å². The minimum Gasteiger partial charge on any atom is -0.380 e. The van der Waals surface area contributed by atoms with Gasteiger partial charge in [-0.15, -0.1) is 11.3 Å². The zero-order valence-electron chi connectivity index (χ0n) is 10.2. The predicted molar refractivity (Wildman–Crippen MR) is 69.6 cm³/mol. The second kappa shape index (κ2) is 6.07. The summed E-state index contributed by atoms with van der Waals surface area (Å²) >= 11 is 1.47. The van der Waals surface area contributed by atoms with Gasteiger partial charge in [0.1, 0.15) is 5.01 Å². The molecule has 0 radical (unpaired) electrons. The highest BCUT2D eigenvalue weighted by Crippen LogP contribution is 2.25. The molecule has 18 heavy (non-hydrogen) atoms. The summed E-state index contributed by atoms with van der Waals surface area (Å²) in [7, 11) is -3.41. The maximum Gasteiger partial charge on any atom is 0.280 e. The number of hydrogen-bond acceptors (Lipinski definition) is 5. The van der Waals surface area contributed by atoms with Gasteiger partial charge < -0.3 is 4.74 Å². The van der Waals surface area contributed by atoms with Gasteiger partial charge in [-0.1, -0.05) is 0 Å². The lowest BCUT2D eigenvalue weighted by molar-refractivity contribution is 0.131. The maximum atomic E-state index is 12.0. The molecule has 0 bridgehead atoms. The van der Waals surface area contributed by atoms with Gasteiger partial charge in [0.05, 0.1) is 12.6 Å². The van der Waals surface area contributed by atoms with Crippen molar-refractivity contribution in [3.8, 4) is 0 Å². The highest BCUT2D eigenvalue weighted by Gasteiger charge is 2.32. The van der Waals surface area contributed by atoms with E-state index in [2.05, 4.69) is 9.71 Å². The van der Waals surface area contributed by atoms with Crippen molar-refractivity contribution in [2.24, 2.45) is 0 Å². The maximum absolute atomic E-state index is 12.0. The molecule has 0 amide bonds. The van der Waals surface area contributed by atoms with Crippen LogP contribution in [0.4, 0.5) is 0 Å². The number of hydrogen-bond donors (Lipinski definition) is 1. The average Bonchev–Trinajstić information content (AvgIpc) is 2.84. The Kier molecular flexibility index (Phi) is 4.68.